The highest BCUT2D eigenvalue weighted by atomic mass is 79.9. The quantitative estimate of drug-likeness (QED) is 0.813. The number of ether oxygens (including phenoxy) is 1. The van der Waals surface area contributed by atoms with E-state index in [1.807, 2.05) is 12.1 Å². The van der Waals surface area contributed by atoms with Crippen molar-refractivity contribution in [3.8, 4) is 0 Å². The van der Waals surface area contributed by atoms with Gasteiger partial charge in [-0.2, -0.15) is 12.6 Å². The normalized spacial score (nSPS) is 17.7. The summed E-state index contributed by atoms with van der Waals surface area (Å²) in [5.74, 6) is 0.952. The van der Waals surface area contributed by atoms with Gasteiger partial charge in [0.05, 0.1) is 13.2 Å². The molecule has 2 rings (SSSR count). The first kappa shape index (κ1) is 11.5. The summed E-state index contributed by atoms with van der Waals surface area (Å²) >= 11 is 7.77. The number of halogens is 1. The van der Waals surface area contributed by atoms with Crippen molar-refractivity contribution in [1.82, 2.24) is 0 Å². The number of hydrogen-bond donors (Lipinski definition) is 1. The van der Waals surface area contributed by atoms with Crippen molar-refractivity contribution < 1.29 is 4.74 Å². The van der Waals surface area contributed by atoms with E-state index in [4.69, 9.17) is 4.74 Å². The molecule has 0 radical (unpaired) electrons. The SMILES string of the molecule is SCC1(COCc2ccc(Br)cc2)CC1. The molecule has 1 nitrogen and oxygen atoms in total. The summed E-state index contributed by atoms with van der Waals surface area (Å²) in [4.78, 5) is 0. The van der Waals surface area contributed by atoms with Crippen LogP contribution in [0.3, 0.4) is 0 Å². The molecule has 3 heteroatoms. The molecule has 0 aromatic heterocycles. The Hall–Kier alpha value is 0.01000. The predicted octanol–water partition coefficient (Wildman–Crippen LogP) is 3.68. The highest BCUT2D eigenvalue weighted by Crippen LogP contribution is 2.46. The summed E-state index contributed by atoms with van der Waals surface area (Å²) in [6.07, 6.45) is 2.55. The molecule has 1 saturated carbocycles. The van der Waals surface area contributed by atoms with Crippen LogP contribution in [0.4, 0.5) is 0 Å². The van der Waals surface area contributed by atoms with Gasteiger partial charge in [-0.1, -0.05) is 28.1 Å². The lowest BCUT2D eigenvalue weighted by atomic mass is 10.1. The second-order valence-corrected chi connectivity index (χ2v) is 5.51. The van der Waals surface area contributed by atoms with Gasteiger partial charge in [0, 0.05) is 9.89 Å². The van der Waals surface area contributed by atoms with Crippen molar-refractivity contribution in [2.24, 2.45) is 5.41 Å². The minimum Gasteiger partial charge on any atom is -0.376 e. The van der Waals surface area contributed by atoms with Crippen LogP contribution in [0.25, 0.3) is 0 Å². The van der Waals surface area contributed by atoms with Gasteiger partial charge in [-0.25, -0.2) is 0 Å². The van der Waals surface area contributed by atoms with Crippen LogP contribution >= 0.6 is 28.6 Å². The molecule has 1 aromatic carbocycles. The van der Waals surface area contributed by atoms with Gasteiger partial charge in [-0.05, 0) is 36.3 Å². The van der Waals surface area contributed by atoms with E-state index in [1.165, 1.54) is 18.4 Å². The lowest BCUT2D eigenvalue weighted by molar-refractivity contribution is 0.0858. The lowest BCUT2D eigenvalue weighted by Crippen LogP contribution is -2.11. The minimum atomic E-state index is 0.401. The summed E-state index contributed by atoms with van der Waals surface area (Å²) in [5, 5.41) is 0. The van der Waals surface area contributed by atoms with Gasteiger partial charge < -0.3 is 4.74 Å². The Bertz CT molecular complexity index is 319. The van der Waals surface area contributed by atoms with Gasteiger partial charge in [0.1, 0.15) is 0 Å². The molecule has 0 amide bonds. The molecule has 0 saturated heterocycles. The average Bonchev–Trinajstić information content (AvgIpc) is 3.02. The first-order valence-electron chi connectivity index (χ1n) is 5.17. The molecule has 0 unspecified atom stereocenters. The summed E-state index contributed by atoms with van der Waals surface area (Å²) in [5.41, 5.74) is 1.63. The van der Waals surface area contributed by atoms with E-state index < -0.39 is 0 Å². The van der Waals surface area contributed by atoms with Crippen molar-refractivity contribution in [3.63, 3.8) is 0 Å². The molecular weight excluding hydrogens is 272 g/mol. The Morgan fingerprint density at radius 3 is 2.47 bits per heavy atom. The molecule has 1 fully saturated rings. The van der Waals surface area contributed by atoms with Crippen LogP contribution in [0.1, 0.15) is 18.4 Å². The van der Waals surface area contributed by atoms with E-state index >= 15 is 0 Å². The molecule has 15 heavy (non-hydrogen) atoms. The maximum Gasteiger partial charge on any atom is 0.0717 e. The molecule has 1 aliphatic carbocycles. The van der Waals surface area contributed by atoms with Gasteiger partial charge in [-0.15, -0.1) is 0 Å². The fraction of sp³-hybridized carbons (Fsp3) is 0.500. The molecule has 1 aromatic rings. The van der Waals surface area contributed by atoms with Gasteiger partial charge in [0.15, 0.2) is 0 Å². The predicted molar refractivity (Wildman–Crippen MR) is 69.3 cm³/mol. The third kappa shape index (κ3) is 3.23. The monoisotopic (exact) mass is 286 g/mol. The molecule has 0 spiro atoms. The molecule has 0 N–H and O–H groups in total. The summed E-state index contributed by atoms with van der Waals surface area (Å²) in [6, 6.07) is 8.27. The van der Waals surface area contributed by atoms with E-state index in [0.29, 0.717) is 12.0 Å². The Labute approximate surface area is 105 Å². The Balaban J connectivity index is 1.76. The van der Waals surface area contributed by atoms with Crippen molar-refractivity contribution in [3.05, 3.63) is 34.3 Å². The molecule has 1 aliphatic rings. The zero-order chi connectivity index (χ0) is 10.7. The summed E-state index contributed by atoms with van der Waals surface area (Å²) < 4.78 is 6.82. The van der Waals surface area contributed by atoms with Crippen LogP contribution in [0.15, 0.2) is 28.7 Å². The maximum absolute atomic E-state index is 5.71. The number of benzene rings is 1. The Morgan fingerprint density at radius 1 is 1.27 bits per heavy atom. The number of hydrogen-bond acceptors (Lipinski definition) is 2. The summed E-state index contributed by atoms with van der Waals surface area (Å²) in [6.45, 7) is 1.56. The van der Waals surface area contributed by atoms with Gasteiger partial charge in [0.2, 0.25) is 0 Å². The zero-order valence-corrected chi connectivity index (χ0v) is 11.1. The fourth-order valence-electron chi connectivity index (χ4n) is 1.49. The fourth-order valence-corrected chi connectivity index (χ4v) is 2.16. The highest BCUT2D eigenvalue weighted by molar-refractivity contribution is 9.10. The van der Waals surface area contributed by atoms with Crippen molar-refractivity contribution >= 4 is 28.6 Å². The van der Waals surface area contributed by atoms with Crippen LogP contribution in [0.2, 0.25) is 0 Å². The molecule has 0 atom stereocenters. The molecule has 82 valence electrons. The van der Waals surface area contributed by atoms with Crippen molar-refractivity contribution in [2.45, 2.75) is 19.4 Å². The average molecular weight is 287 g/mol. The Kier molecular flexibility index (Phi) is 3.75. The molecule has 0 aliphatic heterocycles. The van der Waals surface area contributed by atoms with Crippen LogP contribution in [-0.4, -0.2) is 12.4 Å². The second kappa shape index (κ2) is 4.89. The minimum absolute atomic E-state index is 0.401. The third-order valence-electron chi connectivity index (χ3n) is 2.88. The number of rotatable bonds is 5. The Morgan fingerprint density at radius 2 is 1.93 bits per heavy atom. The van der Waals surface area contributed by atoms with E-state index in [9.17, 15) is 0 Å². The second-order valence-electron chi connectivity index (χ2n) is 4.28. The standard InChI is InChI=1S/C12H15BrOS/c13-11-3-1-10(2-4-11)7-14-8-12(9-15)5-6-12/h1-4,15H,5-9H2. The van der Waals surface area contributed by atoms with E-state index in [1.54, 1.807) is 0 Å². The summed E-state index contributed by atoms with van der Waals surface area (Å²) in [7, 11) is 0. The van der Waals surface area contributed by atoms with Crippen LogP contribution in [0.5, 0.6) is 0 Å². The zero-order valence-electron chi connectivity index (χ0n) is 8.58. The maximum atomic E-state index is 5.71. The topological polar surface area (TPSA) is 9.23 Å². The van der Waals surface area contributed by atoms with E-state index in [2.05, 4.69) is 40.7 Å². The van der Waals surface area contributed by atoms with Crippen molar-refractivity contribution in [2.75, 3.05) is 12.4 Å². The third-order valence-corrected chi connectivity index (χ3v) is 4.08. The van der Waals surface area contributed by atoms with Gasteiger partial charge in [-0.3, -0.25) is 0 Å². The van der Waals surface area contributed by atoms with Crippen LogP contribution < -0.4 is 0 Å². The molecule has 0 bridgehead atoms. The smallest absolute Gasteiger partial charge is 0.0717 e. The van der Waals surface area contributed by atoms with Crippen LogP contribution in [-0.2, 0) is 11.3 Å². The lowest BCUT2D eigenvalue weighted by Gasteiger charge is -2.12. The van der Waals surface area contributed by atoms with Crippen molar-refractivity contribution in [1.29, 1.82) is 0 Å². The number of thiol groups is 1. The highest BCUT2D eigenvalue weighted by Gasteiger charge is 2.41. The van der Waals surface area contributed by atoms with Gasteiger partial charge in [0.25, 0.3) is 0 Å². The first-order valence-corrected chi connectivity index (χ1v) is 6.60. The van der Waals surface area contributed by atoms with Crippen LogP contribution in [0, 0.1) is 5.41 Å². The molecule has 0 heterocycles. The largest absolute Gasteiger partial charge is 0.376 e. The molecular formula is C12H15BrOS. The van der Waals surface area contributed by atoms with E-state index in [-0.39, 0.29) is 0 Å². The van der Waals surface area contributed by atoms with E-state index in [0.717, 1.165) is 16.8 Å². The van der Waals surface area contributed by atoms with Gasteiger partial charge >= 0.3 is 0 Å². The first-order chi connectivity index (χ1) is 7.24.